The van der Waals surface area contributed by atoms with Crippen molar-refractivity contribution >= 4 is 17.5 Å². The van der Waals surface area contributed by atoms with Gasteiger partial charge in [-0.15, -0.1) is 0 Å². The monoisotopic (exact) mass is 342 g/mol. The number of anilines is 1. The summed E-state index contributed by atoms with van der Waals surface area (Å²) < 4.78 is 18.6. The lowest BCUT2D eigenvalue weighted by molar-refractivity contribution is 0.103. The number of nitrogens with one attached hydrogen (secondary N) is 2. The maximum absolute atomic E-state index is 13.4. The molecule has 1 aliphatic carbocycles. The van der Waals surface area contributed by atoms with Crippen molar-refractivity contribution in [2.45, 2.75) is 25.8 Å². The molecule has 0 aliphatic heterocycles. The standard InChI is InChI=1S/C19H19FN2O3/c1-11-9-12(3-7-15(11)20)18(23)13-4-8-17(25-2)16(10-13)22-19(24)21-14-5-6-14/h3-4,7-10,14H,5-6H2,1-2H3,(H2,21,22,24). The highest BCUT2D eigenvalue weighted by atomic mass is 19.1. The Kier molecular flexibility index (Phi) is 4.70. The number of hydrogen-bond donors (Lipinski definition) is 2. The van der Waals surface area contributed by atoms with E-state index in [-0.39, 0.29) is 23.7 Å². The van der Waals surface area contributed by atoms with E-state index in [9.17, 15) is 14.0 Å². The van der Waals surface area contributed by atoms with Crippen LogP contribution in [0.2, 0.25) is 0 Å². The first kappa shape index (κ1) is 17.0. The summed E-state index contributed by atoms with van der Waals surface area (Å²) in [7, 11) is 1.49. The zero-order valence-corrected chi connectivity index (χ0v) is 14.1. The summed E-state index contributed by atoms with van der Waals surface area (Å²) in [6, 6.07) is 8.92. The van der Waals surface area contributed by atoms with Crippen molar-refractivity contribution < 1.29 is 18.7 Å². The Morgan fingerprint density at radius 2 is 1.80 bits per heavy atom. The molecular weight excluding hydrogens is 323 g/mol. The quantitative estimate of drug-likeness (QED) is 0.815. The zero-order valence-electron chi connectivity index (χ0n) is 14.1. The Bertz CT molecular complexity index is 831. The molecule has 1 saturated carbocycles. The van der Waals surface area contributed by atoms with Gasteiger partial charge in [-0.2, -0.15) is 0 Å². The fourth-order valence-electron chi connectivity index (χ4n) is 2.47. The number of carbonyl (C=O) groups excluding carboxylic acids is 2. The number of urea groups is 1. The lowest BCUT2D eigenvalue weighted by atomic mass is 10.0. The molecule has 0 atom stereocenters. The molecular formula is C19H19FN2O3. The molecule has 0 heterocycles. The topological polar surface area (TPSA) is 67.4 Å². The van der Waals surface area contributed by atoms with Gasteiger partial charge in [0.2, 0.25) is 0 Å². The van der Waals surface area contributed by atoms with Crippen LogP contribution in [-0.2, 0) is 0 Å². The van der Waals surface area contributed by atoms with Crippen molar-refractivity contribution in [3.05, 3.63) is 58.9 Å². The Hall–Kier alpha value is -2.89. The van der Waals surface area contributed by atoms with Crippen LogP contribution in [0.1, 0.15) is 34.3 Å². The van der Waals surface area contributed by atoms with E-state index in [0.29, 0.717) is 28.1 Å². The van der Waals surface area contributed by atoms with Gasteiger partial charge < -0.3 is 15.4 Å². The van der Waals surface area contributed by atoms with E-state index in [2.05, 4.69) is 10.6 Å². The third-order valence-corrected chi connectivity index (χ3v) is 4.04. The van der Waals surface area contributed by atoms with Gasteiger partial charge in [0.05, 0.1) is 12.8 Å². The van der Waals surface area contributed by atoms with Gasteiger partial charge in [-0.05, 0) is 61.7 Å². The highest BCUT2D eigenvalue weighted by Crippen LogP contribution is 2.27. The smallest absolute Gasteiger partial charge is 0.319 e. The van der Waals surface area contributed by atoms with E-state index in [1.807, 2.05) is 0 Å². The number of hydrogen-bond acceptors (Lipinski definition) is 3. The molecule has 0 radical (unpaired) electrons. The van der Waals surface area contributed by atoms with E-state index < -0.39 is 0 Å². The van der Waals surface area contributed by atoms with Gasteiger partial charge in [0, 0.05) is 17.2 Å². The Labute approximate surface area is 145 Å². The number of rotatable bonds is 5. The summed E-state index contributed by atoms with van der Waals surface area (Å²) in [6.07, 6.45) is 1.96. The van der Waals surface area contributed by atoms with Crippen LogP contribution in [-0.4, -0.2) is 25.0 Å². The normalized spacial score (nSPS) is 13.2. The fourth-order valence-corrected chi connectivity index (χ4v) is 2.47. The van der Waals surface area contributed by atoms with E-state index >= 15 is 0 Å². The largest absolute Gasteiger partial charge is 0.495 e. The van der Waals surface area contributed by atoms with E-state index in [0.717, 1.165) is 12.8 Å². The molecule has 0 bridgehead atoms. The Morgan fingerprint density at radius 3 is 2.44 bits per heavy atom. The number of carbonyl (C=O) groups is 2. The van der Waals surface area contributed by atoms with Crippen molar-refractivity contribution in [1.82, 2.24) is 5.32 Å². The minimum atomic E-state index is -0.356. The number of amides is 2. The van der Waals surface area contributed by atoms with Crippen LogP contribution >= 0.6 is 0 Å². The molecule has 0 spiro atoms. The van der Waals surface area contributed by atoms with Gasteiger partial charge in [-0.1, -0.05) is 0 Å². The molecule has 5 nitrogen and oxygen atoms in total. The number of halogens is 1. The van der Waals surface area contributed by atoms with Crippen LogP contribution in [0.25, 0.3) is 0 Å². The molecule has 0 saturated heterocycles. The van der Waals surface area contributed by atoms with Crippen molar-refractivity contribution in [2.24, 2.45) is 0 Å². The second-order valence-corrected chi connectivity index (χ2v) is 6.08. The fraction of sp³-hybridized carbons (Fsp3) is 0.263. The molecule has 0 aromatic heterocycles. The first-order valence-electron chi connectivity index (χ1n) is 8.04. The van der Waals surface area contributed by atoms with E-state index in [1.165, 1.54) is 25.3 Å². The van der Waals surface area contributed by atoms with Crippen LogP contribution in [0, 0.1) is 12.7 Å². The summed E-state index contributed by atoms with van der Waals surface area (Å²) in [6.45, 7) is 1.61. The molecule has 1 fully saturated rings. The molecule has 25 heavy (non-hydrogen) atoms. The maximum Gasteiger partial charge on any atom is 0.319 e. The Balaban J connectivity index is 1.85. The Morgan fingerprint density at radius 1 is 1.12 bits per heavy atom. The number of ketones is 1. The first-order valence-corrected chi connectivity index (χ1v) is 8.04. The summed E-state index contributed by atoms with van der Waals surface area (Å²) in [4.78, 5) is 24.6. The summed E-state index contributed by atoms with van der Waals surface area (Å²) in [5, 5.41) is 5.53. The van der Waals surface area contributed by atoms with Crippen LogP contribution in [0.3, 0.4) is 0 Å². The number of benzene rings is 2. The highest BCUT2D eigenvalue weighted by molar-refractivity contribution is 6.10. The predicted molar refractivity (Wildman–Crippen MR) is 92.7 cm³/mol. The molecule has 0 unspecified atom stereocenters. The summed E-state index contributed by atoms with van der Waals surface area (Å²) in [5.41, 5.74) is 1.58. The maximum atomic E-state index is 13.4. The zero-order chi connectivity index (χ0) is 18.0. The highest BCUT2D eigenvalue weighted by Gasteiger charge is 2.24. The minimum absolute atomic E-state index is 0.220. The number of ether oxygens (including phenoxy) is 1. The molecule has 2 amide bonds. The first-order chi connectivity index (χ1) is 12.0. The van der Waals surface area contributed by atoms with Crippen LogP contribution in [0.5, 0.6) is 5.75 Å². The number of methoxy groups -OCH3 is 1. The number of aryl methyl sites for hydroxylation is 1. The minimum Gasteiger partial charge on any atom is -0.495 e. The molecule has 2 aromatic carbocycles. The molecule has 1 aliphatic rings. The van der Waals surface area contributed by atoms with Gasteiger partial charge >= 0.3 is 6.03 Å². The molecule has 2 aromatic rings. The van der Waals surface area contributed by atoms with Crippen molar-refractivity contribution in [3.63, 3.8) is 0 Å². The van der Waals surface area contributed by atoms with Crippen molar-refractivity contribution in [1.29, 1.82) is 0 Å². The SMILES string of the molecule is COc1ccc(C(=O)c2ccc(F)c(C)c2)cc1NC(=O)NC1CC1. The average molecular weight is 342 g/mol. The average Bonchev–Trinajstić information content (AvgIpc) is 3.40. The van der Waals surface area contributed by atoms with Gasteiger partial charge in [0.1, 0.15) is 11.6 Å². The van der Waals surface area contributed by atoms with Gasteiger partial charge in [0.25, 0.3) is 0 Å². The predicted octanol–water partition coefficient (Wildman–Crippen LogP) is 3.66. The molecule has 130 valence electrons. The van der Waals surface area contributed by atoms with E-state index in [1.54, 1.807) is 25.1 Å². The lowest BCUT2D eigenvalue weighted by Crippen LogP contribution is -2.30. The van der Waals surface area contributed by atoms with Crippen molar-refractivity contribution in [3.8, 4) is 5.75 Å². The van der Waals surface area contributed by atoms with Gasteiger partial charge in [-0.3, -0.25) is 4.79 Å². The van der Waals surface area contributed by atoms with Crippen molar-refractivity contribution in [2.75, 3.05) is 12.4 Å². The molecule has 3 rings (SSSR count). The lowest BCUT2D eigenvalue weighted by Gasteiger charge is -2.12. The summed E-state index contributed by atoms with van der Waals surface area (Å²) >= 11 is 0. The third-order valence-electron chi connectivity index (χ3n) is 4.04. The van der Waals surface area contributed by atoms with Gasteiger partial charge in [0.15, 0.2) is 5.78 Å². The second-order valence-electron chi connectivity index (χ2n) is 6.08. The van der Waals surface area contributed by atoms with Crippen LogP contribution in [0.4, 0.5) is 14.9 Å². The second kappa shape index (κ2) is 6.93. The van der Waals surface area contributed by atoms with E-state index in [4.69, 9.17) is 4.74 Å². The molecule has 6 heteroatoms. The van der Waals surface area contributed by atoms with Crippen LogP contribution in [0.15, 0.2) is 36.4 Å². The van der Waals surface area contributed by atoms with Crippen LogP contribution < -0.4 is 15.4 Å². The third kappa shape index (κ3) is 3.96. The van der Waals surface area contributed by atoms with Gasteiger partial charge in [-0.25, -0.2) is 9.18 Å². The molecule has 2 N–H and O–H groups in total. The summed E-state index contributed by atoms with van der Waals surface area (Å²) in [5.74, 6) is -0.153.